The summed E-state index contributed by atoms with van der Waals surface area (Å²) >= 11 is 0. The highest BCUT2D eigenvalue weighted by atomic mass is 19.1. The lowest BCUT2D eigenvalue weighted by Crippen LogP contribution is -2.54. The molecule has 1 aliphatic heterocycles. The van der Waals surface area contributed by atoms with E-state index in [1.807, 2.05) is 19.9 Å². The zero-order valence-electron chi connectivity index (χ0n) is 13.8. The Morgan fingerprint density at radius 2 is 2.22 bits per heavy atom. The fraction of sp³-hybridized carbons (Fsp3) is 0.533. The van der Waals surface area contributed by atoms with Crippen molar-refractivity contribution in [2.45, 2.75) is 51.2 Å². The van der Waals surface area contributed by atoms with Gasteiger partial charge in [0.1, 0.15) is 0 Å². The molecule has 1 fully saturated rings. The Bertz CT molecular complexity index is 662. The molecule has 23 heavy (non-hydrogen) atoms. The number of hydrogen-bond acceptors (Lipinski definition) is 5. The third-order valence-corrected chi connectivity index (χ3v) is 4.20. The van der Waals surface area contributed by atoms with Gasteiger partial charge in [0, 0.05) is 23.5 Å². The number of nitrogens with one attached hydrogen (secondary N) is 2. The SMILES string of the molecule is CC1(C)CC(N=C(N=C=N)Nc2ccnc(F)c2)C(C)(C)N1N. The van der Waals surface area contributed by atoms with Gasteiger partial charge >= 0.3 is 0 Å². The molecule has 124 valence electrons. The Kier molecular flexibility index (Phi) is 4.61. The largest absolute Gasteiger partial charge is 0.324 e. The summed E-state index contributed by atoms with van der Waals surface area (Å²) in [5.74, 6) is 5.79. The molecule has 2 rings (SSSR count). The molecule has 0 radical (unpaired) electrons. The van der Waals surface area contributed by atoms with Gasteiger partial charge in [-0.3, -0.25) is 5.84 Å². The quantitative estimate of drug-likeness (QED) is 0.337. The molecule has 2 heterocycles. The monoisotopic (exact) mass is 319 g/mol. The van der Waals surface area contributed by atoms with E-state index in [1.54, 1.807) is 11.1 Å². The molecule has 4 N–H and O–H groups in total. The minimum absolute atomic E-state index is 0.131. The summed E-state index contributed by atoms with van der Waals surface area (Å²) in [6.07, 6.45) is 2.08. The molecule has 1 saturated heterocycles. The number of hydrogen-bond donors (Lipinski definition) is 3. The van der Waals surface area contributed by atoms with E-state index in [4.69, 9.17) is 11.3 Å². The fourth-order valence-electron chi connectivity index (χ4n) is 2.86. The summed E-state index contributed by atoms with van der Waals surface area (Å²) in [4.78, 5) is 11.9. The first-order valence-electron chi connectivity index (χ1n) is 7.31. The maximum atomic E-state index is 13.2. The number of pyridine rings is 1. The summed E-state index contributed by atoms with van der Waals surface area (Å²) in [6, 6.07) is 4.66. The Hall–Kier alpha value is -2.15. The van der Waals surface area contributed by atoms with Gasteiger partial charge in [-0.25, -0.2) is 20.4 Å². The van der Waals surface area contributed by atoms with Crippen LogP contribution < -0.4 is 11.2 Å². The Morgan fingerprint density at radius 3 is 2.74 bits per heavy atom. The van der Waals surface area contributed by atoms with Crippen LogP contribution in [0.5, 0.6) is 0 Å². The molecular weight excluding hydrogens is 297 g/mol. The first-order chi connectivity index (χ1) is 10.7. The van der Waals surface area contributed by atoms with Gasteiger partial charge in [0.05, 0.1) is 17.6 Å². The number of rotatable bonds is 2. The van der Waals surface area contributed by atoms with Crippen molar-refractivity contribution in [1.82, 2.24) is 9.99 Å². The molecule has 7 nitrogen and oxygen atoms in total. The van der Waals surface area contributed by atoms with E-state index in [9.17, 15) is 4.39 Å². The first kappa shape index (κ1) is 17.2. The van der Waals surface area contributed by atoms with Crippen molar-refractivity contribution in [3.05, 3.63) is 24.3 Å². The zero-order chi connectivity index (χ0) is 17.3. The predicted molar refractivity (Wildman–Crippen MR) is 88.0 cm³/mol. The minimum Gasteiger partial charge on any atom is -0.324 e. The molecular formula is C15H22FN7. The van der Waals surface area contributed by atoms with Crippen LogP contribution in [0.3, 0.4) is 0 Å². The molecule has 0 saturated carbocycles. The molecule has 0 bridgehead atoms. The number of aromatic nitrogens is 1. The van der Waals surface area contributed by atoms with Crippen molar-refractivity contribution in [3.63, 3.8) is 0 Å². The maximum absolute atomic E-state index is 13.2. The molecule has 0 amide bonds. The molecule has 0 aromatic carbocycles. The van der Waals surface area contributed by atoms with Crippen LogP contribution in [-0.2, 0) is 0 Å². The summed E-state index contributed by atoms with van der Waals surface area (Å²) in [5.41, 5.74) is -0.132. The van der Waals surface area contributed by atoms with Crippen LogP contribution in [0.4, 0.5) is 10.1 Å². The van der Waals surface area contributed by atoms with Crippen LogP contribution in [0.1, 0.15) is 34.1 Å². The number of anilines is 1. The van der Waals surface area contributed by atoms with Crippen LogP contribution in [-0.4, -0.2) is 39.1 Å². The normalized spacial score (nSPS) is 23.4. The lowest BCUT2D eigenvalue weighted by molar-refractivity contribution is 0.0760. The van der Waals surface area contributed by atoms with E-state index in [2.05, 4.69) is 34.1 Å². The van der Waals surface area contributed by atoms with Crippen molar-refractivity contribution in [1.29, 1.82) is 5.41 Å². The highest BCUT2D eigenvalue weighted by Gasteiger charge is 2.50. The molecule has 1 unspecified atom stereocenters. The highest BCUT2D eigenvalue weighted by molar-refractivity contribution is 5.97. The number of nitrogens with two attached hydrogens (primary N) is 1. The van der Waals surface area contributed by atoms with Gasteiger partial charge in [0.25, 0.3) is 0 Å². The van der Waals surface area contributed by atoms with Gasteiger partial charge in [0.15, 0.2) is 0 Å². The number of hydrazine groups is 1. The van der Waals surface area contributed by atoms with E-state index in [0.29, 0.717) is 5.69 Å². The molecule has 0 spiro atoms. The predicted octanol–water partition coefficient (Wildman–Crippen LogP) is 2.25. The van der Waals surface area contributed by atoms with Crippen LogP contribution in [0.25, 0.3) is 0 Å². The van der Waals surface area contributed by atoms with Gasteiger partial charge in [-0.05, 0) is 40.2 Å². The van der Waals surface area contributed by atoms with Crippen molar-refractivity contribution in [2.75, 3.05) is 5.32 Å². The summed E-state index contributed by atoms with van der Waals surface area (Å²) in [6.45, 7) is 8.12. The lowest BCUT2D eigenvalue weighted by atomic mass is 9.95. The van der Waals surface area contributed by atoms with Crippen LogP contribution in [0, 0.1) is 11.4 Å². The maximum Gasteiger partial charge on any atom is 0.232 e. The van der Waals surface area contributed by atoms with Gasteiger partial charge in [0.2, 0.25) is 11.9 Å². The molecule has 1 atom stereocenters. The first-order valence-corrected chi connectivity index (χ1v) is 7.31. The van der Waals surface area contributed by atoms with Crippen molar-refractivity contribution >= 4 is 17.7 Å². The molecule has 0 aliphatic carbocycles. The average Bonchev–Trinajstić information content (AvgIpc) is 2.59. The lowest BCUT2D eigenvalue weighted by Gasteiger charge is -2.36. The van der Waals surface area contributed by atoms with E-state index in [-0.39, 0.29) is 23.1 Å². The van der Waals surface area contributed by atoms with Crippen LogP contribution in [0.2, 0.25) is 0 Å². The van der Waals surface area contributed by atoms with Crippen molar-refractivity contribution in [2.24, 2.45) is 15.8 Å². The number of halogens is 1. The molecule has 1 aliphatic rings. The molecule has 8 heteroatoms. The van der Waals surface area contributed by atoms with E-state index >= 15 is 0 Å². The van der Waals surface area contributed by atoms with Crippen molar-refractivity contribution in [3.8, 4) is 0 Å². The third-order valence-electron chi connectivity index (χ3n) is 4.20. The standard InChI is InChI=1S/C15H22FN7/c1-14(2)8-11(15(3,4)23(14)18)22-13(20-9-17)21-10-5-6-19-12(16)7-10/h5-7,11,17H,8,18H2,1-4H3,(H,19,21,22). The van der Waals surface area contributed by atoms with E-state index in [1.165, 1.54) is 12.3 Å². The van der Waals surface area contributed by atoms with Gasteiger partial charge in [-0.15, -0.1) is 4.99 Å². The summed E-state index contributed by atoms with van der Waals surface area (Å²) < 4.78 is 13.2. The topological polar surface area (TPSA) is 103 Å². The van der Waals surface area contributed by atoms with E-state index < -0.39 is 5.95 Å². The minimum atomic E-state index is -0.608. The van der Waals surface area contributed by atoms with Gasteiger partial charge in [-0.1, -0.05) is 0 Å². The number of guanidine groups is 1. The Morgan fingerprint density at radius 1 is 1.52 bits per heavy atom. The molecule has 1 aromatic heterocycles. The highest BCUT2D eigenvalue weighted by Crippen LogP contribution is 2.39. The third kappa shape index (κ3) is 3.61. The number of nitrogens with zero attached hydrogens (tertiary/aromatic N) is 4. The van der Waals surface area contributed by atoms with Crippen LogP contribution in [0.15, 0.2) is 28.3 Å². The average molecular weight is 319 g/mol. The van der Waals surface area contributed by atoms with Crippen LogP contribution >= 0.6 is 0 Å². The fourth-order valence-corrected chi connectivity index (χ4v) is 2.86. The van der Waals surface area contributed by atoms with E-state index in [0.717, 1.165) is 6.42 Å². The Balaban J connectivity index is 2.31. The zero-order valence-corrected chi connectivity index (χ0v) is 13.8. The summed E-state index contributed by atoms with van der Waals surface area (Å²) in [5, 5.41) is 11.8. The molecule has 1 aromatic rings. The van der Waals surface area contributed by atoms with Gasteiger partial charge in [-0.2, -0.15) is 4.39 Å². The smallest absolute Gasteiger partial charge is 0.232 e. The van der Waals surface area contributed by atoms with Gasteiger partial charge < -0.3 is 5.32 Å². The second kappa shape index (κ2) is 6.16. The Labute approximate surface area is 135 Å². The summed E-state index contributed by atoms with van der Waals surface area (Å²) in [7, 11) is 0. The van der Waals surface area contributed by atoms with Crippen molar-refractivity contribution < 1.29 is 4.39 Å². The second-order valence-corrected chi connectivity index (χ2v) is 6.72. The number of aliphatic imine (C=N–C) groups is 2. The second-order valence-electron chi connectivity index (χ2n) is 6.72.